The van der Waals surface area contributed by atoms with Gasteiger partial charge in [-0.25, -0.2) is 13.6 Å². The average Bonchev–Trinajstić information content (AvgIpc) is 2.81. The first-order valence-electron chi connectivity index (χ1n) is 7.84. The van der Waals surface area contributed by atoms with Gasteiger partial charge < -0.3 is 10.1 Å². The Hall–Kier alpha value is -3.03. The third-order valence-corrected chi connectivity index (χ3v) is 3.82. The minimum Gasteiger partial charge on any atom is -0.449 e. The van der Waals surface area contributed by atoms with Crippen molar-refractivity contribution >= 4 is 23.6 Å². The Balaban J connectivity index is 2.00. The minimum atomic E-state index is -1.23. The summed E-state index contributed by atoms with van der Waals surface area (Å²) in [6.07, 6.45) is 1.48. The first-order chi connectivity index (χ1) is 12.2. The maximum atomic E-state index is 13.5. The van der Waals surface area contributed by atoms with Gasteiger partial charge in [-0.1, -0.05) is 6.07 Å². The van der Waals surface area contributed by atoms with E-state index in [9.17, 15) is 18.4 Å². The first kappa shape index (κ1) is 19.3. The normalized spacial score (nSPS) is 12.2. The molecule has 1 atom stereocenters. The minimum absolute atomic E-state index is 0.586. The summed E-state index contributed by atoms with van der Waals surface area (Å²) in [5.74, 6) is -3.44. The highest BCUT2D eigenvalue weighted by atomic mass is 19.1. The monoisotopic (exact) mass is 363 g/mol. The van der Waals surface area contributed by atoms with Crippen molar-refractivity contribution < 1.29 is 23.1 Å². The van der Waals surface area contributed by atoms with Crippen LogP contribution in [0.4, 0.5) is 14.5 Å². The highest BCUT2D eigenvalue weighted by Gasteiger charge is 2.20. The topological polar surface area (TPSA) is 73.2 Å². The molecule has 0 aliphatic rings. The van der Waals surface area contributed by atoms with E-state index in [2.05, 4.69) is 10.4 Å². The number of hydrogen-bond acceptors (Lipinski definition) is 4. The molecule has 1 N–H and O–H groups in total. The van der Waals surface area contributed by atoms with Crippen LogP contribution in [0.15, 0.2) is 24.3 Å². The second-order valence-electron chi connectivity index (χ2n) is 5.71. The fourth-order valence-corrected chi connectivity index (χ4v) is 2.29. The molecule has 0 spiro atoms. The van der Waals surface area contributed by atoms with E-state index < -0.39 is 35.3 Å². The van der Waals surface area contributed by atoms with Crippen molar-refractivity contribution in [2.24, 2.45) is 7.05 Å². The van der Waals surface area contributed by atoms with Gasteiger partial charge in [-0.05, 0) is 39.0 Å². The lowest BCUT2D eigenvalue weighted by atomic mass is 10.2. The number of ether oxygens (including phenoxy) is 1. The van der Waals surface area contributed by atoms with E-state index in [1.54, 1.807) is 24.7 Å². The molecule has 6 nitrogen and oxygen atoms in total. The zero-order valence-corrected chi connectivity index (χ0v) is 14.8. The highest BCUT2D eigenvalue weighted by molar-refractivity contribution is 5.96. The SMILES string of the molecule is Cc1nn(C)c(C)c1/C=C/C(=O)O[C@H](C)C(=O)Nc1c(F)cccc1F. The van der Waals surface area contributed by atoms with Crippen LogP contribution in [0.5, 0.6) is 0 Å². The fourth-order valence-electron chi connectivity index (χ4n) is 2.29. The van der Waals surface area contributed by atoms with Crippen LogP contribution in [0, 0.1) is 25.5 Å². The van der Waals surface area contributed by atoms with E-state index in [1.165, 1.54) is 19.1 Å². The Morgan fingerprint density at radius 2 is 1.88 bits per heavy atom. The van der Waals surface area contributed by atoms with Gasteiger partial charge in [0.1, 0.15) is 17.3 Å². The predicted molar refractivity (Wildman–Crippen MR) is 92.3 cm³/mol. The molecule has 2 rings (SSSR count). The van der Waals surface area contributed by atoms with Crippen molar-refractivity contribution in [3.8, 4) is 0 Å². The van der Waals surface area contributed by atoms with E-state index in [-0.39, 0.29) is 0 Å². The quantitative estimate of drug-likeness (QED) is 0.655. The average molecular weight is 363 g/mol. The summed E-state index contributed by atoms with van der Waals surface area (Å²) in [6, 6.07) is 3.20. The van der Waals surface area contributed by atoms with Crippen molar-refractivity contribution in [1.82, 2.24) is 9.78 Å². The summed E-state index contributed by atoms with van der Waals surface area (Å²) >= 11 is 0. The van der Waals surface area contributed by atoms with Crippen LogP contribution in [0.25, 0.3) is 6.08 Å². The Morgan fingerprint density at radius 3 is 2.42 bits per heavy atom. The molecule has 1 aromatic heterocycles. The van der Waals surface area contributed by atoms with Crippen LogP contribution in [0.1, 0.15) is 23.9 Å². The van der Waals surface area contributed by atoms with Crippen LogP contribution in [-0.2, 0) is 21.4 Å². The zero-order chi connectivity index (χ0) is 19.4. The summed E-state index contributed by atoms with van der Waals surface area (Å²) in [5.41, 5.74) is 1.80. The zero-order valence-electron chi connectivity index (χ0n) is 14.8. The van der Waals surface area contributed by atoms with E-state index >= 15 is 0 Å². The number of benzene rings is 1. The molecule has 0 fully saturated rings. The molecule has 1 amide bonds. The van der Waals surface area contributed by atoms with Gasteiger partial charge in [-0.3, -0.25) is 9.48 Å². The third kappa shape index (κ3) is 4.33. The Labute approximate surface area is 149 Å². The number of para-hydroxylation sites is 1. The second kappa shape index (κ2) is 7.90. The standard InChI is InChI=1S/C18H19F2N3O3/c1-10-13(11(2)23(4)22-10)8-9-16(24)26-12(3)18(25)21-17-14(19)6-5-7-15(17)20/h5-9,12H,1-4H3,(H,21,25)/b9-8+/t12-/m1/s1. The molecule has 26 heavy (non-hydrogen) atoms. The molecule has 1 aromatic carbocycles. The van der Waals surface area contributed by atoms with E-state index in [4.69, 9.17) is 4.74 Å². The molecule has 2 aromatic rings. The van der Waals surface area contributed by atoms with E-state index in [0.717, 1.165) is 29.1 Å². The number of anilines is 1. The number of hydrogen-bond donors (Lipinski definition) is 1. The number of halogens is 2. The van der Waals surface area contributed by atoms with Gasteiger partial charge in [-0.2, -0.15) is 5.10 Å². The van der Waals surface area contributed by atoms with Crippen LogP contribution in [0.3, 0.4) is 0 Å². The lowest BCUT2D eigenvalue weighted by molar-refractivity contribution is -0.148. The second-order valence-corrected chi connectivity index (χ2v) is 5.71. The number of carbonyl (C=O) groups is 2. The molecule has 8 heteroatoms. The van der Waals surface area contributed by atoms with Crippen LogP contribution in [-0.4, -0.2) is 27.8 Å². The van der Waals surface area contributed by atoms with Gasteiger partial charge in [0.25, 0.3) is 5.91 Å². The number of nitrogens with one attached hydrogen (secondary N) is 1. The number of carbonyl (C=O) groups excluding carboxylic acids is 2. The Bertz CT molecular complexity index is 855. The number of amides is 1. The third-order valence-electron chi connectivity index (χ3n) is 3.82. The summed E-state index contributed by atoms with van der Waals surface area (Å²) < 4.78 is 33.7. The molecule has 138 valence electrons. The molecular weight excluding hydrogens is 344 g/mol. The largest absolute Gasteiger partial charge is 0.449 e. The van der Waals surface area contributed by atoms with Gasteiger partial charge in [0.05, 0.1) is 5.69 Å². The molecule has 0 aliphatic carbocycles. The molecule has 0 aliphatic heterocycles. The van der Waals surface area contributed by atoms with Crippen LogP contribution < -0.4 is 5.32 Å². The summed E-state index contributed by atoms with van der Waals surface area (Å²) in [7, 11) is 1.78. The summed E-state index contributed by atoms with van der Waals surface area (Å²) in [4.78, 5) is 23.9. The smallest absolute Gasteiger partial charge is 0.331 e. The molecule has 0 saturated carbocycles. The Morgan fingerprint density at radius 1 is 1.27 bits per heavy atom. The van der Waals surface area contributed by atoms with Crippen LogP contribution in [0.2, 0.25) is 0 Å². The molecule has 0 unspecified atom stereocenters. The van der Waals surface area contributed by atoms with Crippen molar-refractivity contribution in [1.29, 1.82) is 0 Å². The van der Waals surface area contributed by atoms with Gasteiger partial charge in [0, 0.05) is 24.4 Å². The predicted octanol–water partition coefficient (Wildman–Crippen LogP) is 2.90. The Kier molecular flexibility index (Phi) is 5.86. The fraction of sp³-hybridized carbons (Fsp3) is 0.278. The molecular formula is C18H19F2N3O3. The first-order valence-corrected chi connectivity index (χ1v) is 7.84. The van der Waals surface area contributed by atoms with Gasteiger partial charge in [0.15, 0.2) is 6.10 Å². The molecule has 0 saturated heterocycles. The van der Waals surface area contributed by atoms with Crippen LogP contribution >= 0.6 is 0 Å². The summed E-state index contributed by atoms with van der Waals surface area (Å²) in [5, 5.41) is 6.29. The number of esters is 1. The molecule has 1 heterocycles. The lowest BCUT2D eigenvalue weighted by Crippen LogP contribution is -2.30. The lowest BCUT2D eigenvalue weighted by Gasteiger charge is -2.13. The van der Waals surface area contributed by atoms with Gasteiger partial charge in [0.2, 0.25) is 0 Å². The van der Waals surface area contributed by atoms with E-state index in [1.807, 2.05) is 6.92 Å². The number of aromatic nitrogens is 2. The van der Waals surface area contributed by atoms with Crippen molar-refractivity contribution in [3.05, 3.63) is 52.9 Å². The van der Waals surface area contributed by atoms with Crippen molar-refractivity contribution in [2.75, 3.05) is 5.32 Å². The van der Waals surface area contributed by atoms with Crippen molar-refractivity contribution in [3.63, 3.8) is 0 Å². The molecule has 0 bridgehead atoms. The number of rotatable bonds is 5. The maximum absolute atomic E-state index is 13.5. The van der Waals surface area contributed by atoms with Crippen molar-refractivity contribution in [2.45, 2.75) is 26.9 Å². The van der Waals surface area contributed by atoms with Gasteiger partial charge in [-0.15, -0.1) is 0 Å². The number of nitrogens with zero attached hydrogens (tertiary/aromatic N) is 2. The summed E-state index contributed by atoms with van der Waals surface area (Å²) in [6.45, 7) is 4.96. The highest BCUT2D eigenvalue weighted by Crippen LogP contribution is 2.18. The van der Waals surface area contributed by atoms with E-state index in [0.29, 0.717) is 0 Å². The van der Waals surface area contributed by atoms with Gasteiger partial charge >= 0.3 is 5.97 Å². The molecule has 0 radical (unpaired) electrons. The maximum Gasteiger partial charge on any atom is 0.331 e. The number of aryl methyl sites for hydroxylation is 2.